The van der Waals surface area contributed by atoms with Gasteiger partial charge in [0.25, 0.3) is 0 Å². The van der Waals surface area contributed by atoms with Gasteiger partial charge in [-0.2, -0.15) is 4.31 Å². The zero-order valence-corrected chi connectivity index (χ0v) is 13.5. The summed E-state index contributed by atoms with van der Waals surface area (Å²) < 4.78 is 27.5. The van der Waals surface area contributed by atoms with Crippen molar-refractivity contribution in [3.05, 3.63) is 23.3 Å². The van der Waals surface area contributed by atoms with Crippen molar-refractivity contribution >= 4 is 15.7 Å². The van der Waals surface area contributed by atoms with Gasteiger partial charge >= 0.3 is 0 Å². The molecule has 1 unspecified atom stereocenters. The molecule has 0 aliphatic carbocycles. The zero-order valence-electron chi connectivity index (χ0n) is 12.7. The fraction of sp³-hybridized carbons (Fsp3) is 0.600. The molecule has 1 aromatic rings. The lowest BCUT2D eigenvalue weighted by Gasteiger charge is -2.36. The molecule has 0 amide bonds. The van der Waals surface area contributed by atoms with E-state index in [1.807, 2.05) is 19.9 Å². The van der Waals surface area contributed by atoms with E-state index in [0.717, 1.165) is 30.6 Å². The second-order valence-electron chi connectivity index (χ2n) is 6.16. The summed E-state index contributed by atoms with van der Waals surface area (Å²) in [6.07, 6.45) is 2.27. The van der Waals surface area contributed by atoms with Crippen LogP contribution in [0.1, 0.15) is 24.0 Å². The largest absolute Gasteiger partial charge is 0.399 e. The highest BCUT2D eigenvalue weighted by Gasteiger charge is 2.36. The topological polar surface area (TPSA) is 66.6 Å². The molecule has 2 N–H and O–H groups in total. The summed E-state index contributed by atoms with van der Waals surface area (Å²) in [6, 6.07) is 3.80. The van der Waals surface area contributed by atoms with E-state index < -0.39 is 10.0 Å². The van der Waals surface area contributed by atoms with Crippen molar-refractivity contribution < 1.29 is 8.42 Å². The third-order valence-electron chi connectivity index (χ3n) is 4.81. The summed E-state index contributed by atoms with van der Waals surface area (Å²) in [5.74, 6) is 0. The van der Waals surface area contributed by atoms with E-state index in [9.17, 15) is 8.42 Å². The number of nitrogens with zero attached hydrogens (tertiary/aromatic N) is 2. The van der Waals surface area contributed by atoms with Gasteiger partial charge in [-0.1, -0.05) is 0 Å². The number of benzene rings is 1. The van der Waals surface area contributed by atoms with Gasteiger partial charge in [0, 0.05) is 31.4 Å². The molecule has 0 radical (unpaired) electrons. The van der Waals surface area contributed by atoms with E-state index in [2.05, 4.69) is 4.90 Å². The summed E-state index contributed by atoms with van der Waals surface area (Å²) in [5, 5.41) is 0. The number of nitrogens with two attached hydrogens (primary N) is 1. The Morgan fingerprint density at radius 3 is 2.71 bits per heavy atom. The van der Waals surface area contributed by atoms with Gasteiger partial charge in [-0.25, -0.2) is 8.42 Å². The highest BCUT2D eigenvalue weighted by Crippen LogP contribution is 2.29. The molecule has 1 atom stereocenters. The molecule has 0 aromatic heterocycles. The summed E-state index contributed by atoms with van der Waals surface area (Å²) in [5.41, 5.74) is 8.09. The molecule has 2 heterocycles. The summed E-state index contributed by atoms with van der Waals surface area (Å²) >= 11 is 0. The van der Waals surface area contributed by atoms with Crippen molar-refractivity contribution in [3.63, 3.8) is 0 Å². The van der Waals surface area contributed by atoms with Crippen molar-refractivity contribution in [2.45, 2.75) is 37.6 Å². The zero-order chi connectivity index (χ0) is 15.2. The van der Waals surface area contributed by atoms with Gasteiger partial charge in [0.2, 0.25) is 10.0 Å². The summed E-state index contributed by atoms with van der Waals surface area (Å²) in [4.78, 5) is 2.77. The molecule has 2 aliphatic rings. The summed E-state index contributed by atoms with van der Waals surface area (Å²) in [7, 11) is -3.45. The van der Waals surface area contributed by atoms with Crippen LogP contribution in [0.2, 0.25) is 0 Å². The van der Waals surface area contributed by atoms with Gasteiger partial charge in [-0.15, -0.1) is 0 Å². The number of anilines is 1. The Hall–Kier alpha value is -1.11. The third kappa shape index (κ3) is 2.56. The predicted molar refractivity (Wildman–Crippen MR) is 83.7 cm³/mol. The van der Waals surface area contributed by atoms with Crippen molar-refractivity contribution in [2.75, 3.05) is 31.9 Å². The molecular weight excluding hydrogens is 286 g/mol. The number of fused-ring (bicyclic) bond motifs is 1. The van der Waals surface area contributed by atoms with Crippen LogP contribution in [-0.4, -0.2) is 49.8 Å². The van der Waals surface area contributed by atoms with Crippen LogP contribution in [0.25, 0.3) is 0 Å². The first-order valence-electron chi connectivity index (χ1n) is 7.50. The third-order valence-corrected chi connectivity index (χ3v) is 6.80. The minimum Gasteiger partial charge on any atom is -0.399 e. The lowest BCUT2D eigenvalue weighted by atomic mass is 10.1. The first-order chi connectivity index (χ1) is 9.89. The molecule has 2 fully saturated rings. The second kappa shape index (κ2) is 5.26. The van der Waals surface area contributed by atoms with E-state index in [0.29, 0.717) is 29.7 Å². The van der Waals surface area contributed by atoms with Crippen LogP contribution in [0.4, 0.5) is 5.69 Å². The van der Waals surface area contributed by atoms with Gasteiger partial charge in [-0.3, -0.25) is 4.90 Å². The average Bonchev–Trinajstić information content (AvgIpc) is 2.89. The summed E-state index contributed by atoms with van der Waals surface area (Å²) in [6.45, 7) is 6.88. The van der Waals surface area contributed by atoms with E-state index in [4.69, 9.17) is 5.73 Å². The number of hydrogen-bond acceptors (Lipinski definition) is 4. The number of rotatable bonds is 2. The molecule has 2 aliphatic heterocycles. The minimum atomic E-state index is -3.45. The molecule has 1 aromatic carbocycles. The lowest BCUT2D eigenvalue weighted by Crippen LogP contribution is -2.52. The highest BCUT2D eigenvalue weighted by atomic mass is 32.2. The first-order valence-corrected chi connectivity index (χ1v) is 8.94. The van der Waals surface area contributed by atoms with Crippen molar-refractivity contribution in [1.29, 1.82) is 0 Å². The first kappa shape index (κ1) is 14.8. The standard InChI is InChI=1S/C15H23N3O2S/c1-11-8-13(16)9-15(12(11)2)21(19,20)18-7-6-17-5-3-4-14(17)10-18/h8-9,14H,3-7,10,16H2,1-2H3. The quantitative estimate of drug-likeness (QED) is 0.838. The van der Waals surface area contributed by atoms with Gasteiger partial charge < -0.3 is 5.73 Å². The Kier molecular flexibility index (Phi) is 3.71. The molecule has 116 valence electrons. The van der Waals surface area contributed by atoms with Crippen LogP contribution < -0.4 is 5.73 Å². The van der Waals surface area contributed by atoms with Crippen molar-refractivity contribution in [1.82, 2.24) is 9.21 Å². The highest BCUT2D eigenvalue weighted by molar-refractivity contribution is 7.89. The van der Waals surface area contributed by atoms with Crippen LogP contribution >= 0.6 is 0 Å². The minimum absolute atomic E-state index is 0.367. The molecule has 21 heavy (non-hydrogen) atoms. The van der Waals surface area contributed by atoms with Crippen LogP contribution in [0.5, 0.6) is 0 Å². The fourth-order valence-corrected chi connectivity index (χ4v) is 5.24. The maximum Gasteiger partial charge on any atom is 0.243 e. The normalized spacial score (nSPS) is 24.2. The second-order valence-corrected chi connectivity index (χ2v) is 8.06. The van der Waals surface area contributed by atoms with Crippen LogP contribution in [0.3, 0.4) is 0 Å². The Morgan fingerprint density at radius 1 is 1.19 bits per heavy atom. The van der Waals surface area contributed by atoms with Crippen LogP contribution in [-0.2, 0) is 10.0 Å². The smallest absolute Gasteiger partial charge is 0.243 e. The molecule has 5 nitrogen and oxygen atoms in total. The van der Waals surface area contributed by atoms with Gasteiger partial charge in [0.15, 0.2) is 0 Å². The predicted octanol–water partition coefficient (Wildman–Crippen LogP) is 1.35. The number of nitrogen functional groups attached to an aromatic ring is 1. The molecule has 2 saturated heterocycles. The number of piperazine rings is 1. The molecule has 0 spiro atoms. The van der Waals surface area contributed by atoms with E-state index in [1.165, 1.54) is 6.42 Å². The Bertz CT molecular complexity index is 657. The maximum atomic E-state index is 13.0. The van der Waals surface area contributed by atoms with Gasteiger partial charge in [0.05, 0.1) is 4.90 Å². The molecule has 0 bridgehead atoms. The van der Waals surface area contributed by atoms with Crippen LogP contribution in [0, 0.1) is 13.8 Å². The van der Waals surface area contributed by atoms with Gasteiger partial charge in [0.1, 0.15) is 0 Å². The van der Waals surface area contributed by atoms with Crippen molar-refractivity contribution in [3.8, 4) is 0 Å². The molecule has 0 saturated carbocycles. The molecule has 6 heteroatoms. The van der Waals surface area contributed by atoms with Crippen LogP contribution in [0.15, 0.2) is 17.0 Å². The number of hydrogen-bond donors (Lipinski definition) is 1. The maximum absolute atomic E-state index is 13.0. The number of aryl methyl sites for hydroxylation is 1. The van der Waals surface area contributed by atoms with Gasteiger partial charge in [-0.05, 0) is 56.5 Å². The Balaban J connectivity index is 1.94. The SMILES string of the molecule is Cc1cc(N)cc(S(=O)(=O)N2CCN3CCCC3C2)c1C. The molecule has 3 rings (SSSR count). The average molecular weight is 309 g/mol. The van der Waals surface area contributed by atoms with Crippen molar-refractivity contribution in [2.24, 2.45) is 0 Å². The number of sulfonamides is 1. The molecular formula is C15H23N3O2S. The van der Waals surface area contributed by atoms with E-state index >= 15 is 0 Å². The monoisotopic (exact) mass is 309 g/mol. The Labute approximate surface area is 126 Å². The van der Waals surface area contributed by atoms with E-state index in [-0.39, 0.29) is 0 Å². The Morgan fingerprint density at radius 2 is 1.95 bits per heavy atom. The van der Waals surface area contributed by atoms with E-state index in [1.54, 1.807) is 10.4 Å². The lowest BCUT2D eigenvalue weighted by molar-refractivity contribution is 0.158. The fourth-order valence-electron chi connectivity index (χ4n) is 3.44.